The normalized spacial score (nSPS) is 7.64. The quantitative estimate of drug-likeness (QED) is 0.537. The number of nitrogens with zero attached hydrogens (tertiary/aromatic N) is 1. The topological polar surface area (TPSA) is 57.9 Å². The van der Waals surface area contributed by atoms with Crippen molar-refractivity contribution in [2.24, 2.45) is 5.92 Å². The molecule has 0 heterocycles. The van der Waals surface area contributed by atoms with Crippen LogP contribution in [-0.4, -0.2) is 11.6 Å². The molecule has 0 saturated heterocycles. The summed E-state index contributed by atoms with van der Waals surface area (Å²) in [6, 6.07) is 1.39. The molecule has 0 amide bonds. The van der Waals surface area contributed by atoms with Crippen LogP contribution < -0.4 is 0 Å². The van der Waals surface area contributed by atoms with Crippen molar-refractivity contribution in [3.63, 3.8) is 0 Å². The smallest absolute Gasteiger partial charge is 0.228 e. The molecule has 0 rings (SSSR count). The standard InChI is InChI=1S/C5H10O.C3H3NO/c1-4(2)5(3)6;1-3(5)2-4/h4H,1-3H3;1H3. The molecule has 0 aliphatic heterocycles. The summed E-state index contributed by atoms with van der Waals surface area (Å²) in [6.07, 6.45) is 0. The Morgan fingerprint density at radius 2 is 1.45 bits per heavy atom. The van der Waals surface area contributed by atoms with Crippen molar-refractivity contribution in [1.82, 2.24) is 0 Å². The van der Waals surface area contributed by atoms with Gasteiger partial charge >= 0.3 is 0 Å². The fourth-order valence-electron chi connectivity index (χ4n) is 0. The molecule has 0 saturated carbocycles. The Labute approximate surface area is 67.0 Å². The van der Waals surface area contributed by atoms with E-state index in [1.807, 2.05) is 13.8 Å². The van der Waals surface area contributed by atoms with E-state index >= 15 is 0 Å². The molecule has 0 N–H and O–H groups in total. The molecule has 11 heavy (non-hydrogen) atoms. The van der Waals surface area contributed by atoms with Crippen LogP contribution in [0.3, 0.4) is 0 Å². The number of hydrogen-bond acceptors (Lipinski definition) is 3. The van der Waals surface area contributed by atoms with Crippen LogP contribution in [0.5, 0.6) is 0 Å². The van der Waals surface area contributed by atoms with E-state index in [1.54, 1.807) is 6.92 Å². The highest BCUT2D eigenvalue weighted by atomic mass is 16.1. The van der Waals surface area contributed by atoms with Gasteiger partial charge in [-0.1, -0.05) is 13.8 Å². The Morgan fingerprint density at radius 1 is 1.27 bits per heavy atom. The number of Topliss-reactive ketones (excluding diaryl/α,β-unsaturated/α-hetero) is 2. The Bertz CT molecular complexity index is 177. The van der Waals surface area contributed by atoms with Gasteiger partial charge in [0.15, 0.2) is 0 Å². The summed E-state index contributed by atoms with van der Waals surface area (Å²) in [5.74, 6) is 0.0324. The maximum absolute atomic E-state index is 10.1. The van der Waals surface area contributed by atoms with Crippen molar-refractivity contribution in [2.45, 2.75) is 27.7 Å². The summed E-state index contributed by atoms with van der Waals surface area (Å²) >= 11 is 0. The largest absolute Gasteiger partial charge is 0.300 e. The van der Waals surface area contributed by atoms with Crippen LogP contribution in [0.2, 0.25) is 0 Å². The third-order valence-corrected chi connectivity index (χ3v) is 0.970. The zero-order chi connectivity index (χ0) is 9.44. The lowest BCUT2D eigenvalue weighted by atomic mass is 10.1. The molecule has 0 unspecified atom stereocenters. The fourth-order valence-corrected chi connectivity index (χ4v) is 0. The number of carbonyl (C=O) groups excluding carboxylic acids is 2. The van der Waals surface area contributed by atoms with Crippen LogP contribution in [0.15, 0.2) is 0 Å². The van der Waals surface area contributed by atoms with E-state index < -0.39 is 5.78 Å². The second-order valence-corrected chi connectivity index (χ2v) is 2.43. The summed E-state index contributed by atoms with van der Waals surface area (Å²) in [4.78, 5) is 19.6. The average Bonchev–Trinajstić information content (AvgIpc) is 1.89. The lowest BCUT2D eigenvalue weighted by Crippen LogP contribution is -1.98. The molecule has 0 bridgehead atoms. The molecule has 0 aromatic rings. The maximum atomic E-state index is 10.1. The molecule has 0 aliphatic carbocycles. The minimum atomic E-state index is -0.440. The Hall–Kier alpha value is -1.17. The van der Waals surface area contributed by atoms with Gasteiger partial charge in [-0.05, 0) is 6.92 Å². The van der Waals surface area contributed by atoms with Gasteiger partial charge in [-0.15, -0.1) is 0 Å². The van der Waals surface area contributed by atoms with Gasteiger partial charge < -0.3 is 0 Å². The van der Waals surface area contributed by atoms with Gasteiger partial charge in [-0.3, -0.25) is 9.59 Å². The van der Waals surface area contributed by atoms with E-state index in [9.17, 15) is 9.59 Å². The Balaban J connectivity index is 0. The molecule has 0 atom stereocenters. The number of ketones is 2. The minimum absolute atomic E-state index is 0.213. The van der Waals surface area contributed by atoms with Crippen molar-refractivity contribution in [3.05, 3.63) is 0 Å². The zero-order valence-electron chi connectivity index (χ0n) is 7.34. The zero-order valence-corrected chi connectivity index (χ0v) is 7.34. The van der Waals surface area contributed by atoms with E-state index in [0.717, 1.165) is 0 Å². The molecule has 0 fully saturated rings. The highest BCUT2D eigenvalue weighted by Gasteiger charge is 1.95. The molecule has 3 nitrogen and oxygen atoms in total. The van der Waals surface area contributed by atoms with Crippen LogP contribution >= 0.6 is 0 Å². The first-order valence-electron chi connectivity index (χ1n) is 3.33. The van der Waals surface area contributed by atoms with Gasteiger partial charge in [-0.25, -0.2) is 0 Å². The van der Waals surface area contributed by atoms with Gasteiger partial charge in [0.25, 0.3) is 0 Å². The first-order valence-corrected chi connectivity index (χ1v) is 3.33. The van der Waals surface area contributed by atoms with Gasteiger partial charge in [0.05, 0.1) is 0 Å². The van der Waals surface area contributed by atoms with Crippen LogP contribution in [0.1, 0.15) is 27.7 Å². The van der Waals surface area contributed by atoms with E-state index in [-0.39, 0.29) is 11.7 Å². The molecule has 0 aliphatic rings. The molecular formula is C8H13NO2. The first kappa shape index (κ1) is 12.5. The van der Waals surface area contributed by atoms with Gasteiger partial charge in [-0.2, -0.15) is 5.26 Å². The van der Waals surface area contributed by atoms with E-state index in [2.05, 4.69) is 0 Å². The third kappa shape index (κ3) is 17.7. The summed E-state index contributed by atoms with van der Waals surface area (Å²) < 4.78 is 0. The molecule has 0 aromatic carbocycles. The summed E-state index contributed by atoms with van der Waals surface area (Å²) in [5.41, 5.74) is 0. The monoisotopic (exact) mass is 155 g/mol. The van der Waals surface area contributed by atoms with E-state index in [1.165, 1.54) is 13.0 Å². The maximum Gasteiger partial charge on any atom is 0.228 e. The van der Waals surface area contributed by atoms with Crippen molar-refractivity contribution < 1.29 is 9.59 Å². The molecule has 3 heteroatoms. The summed E-state index contributed by atoms with van der Waals surface area (Å²) in [7, 11) is 0. The molecular weight excluding hydrogens is 142 g/mol. The second-order valence-electron chi connectivity index (χ2n) is 2.43. The van der Waals surface area contributed by atoms with Gasteiger partial charge in [0, 0.05) is 12.8 Å². The SMILES string of the molecule is CC(=O)C#N.CC(=O)C(C)C. The van der Waals surface area contributed by atoms with Crippen molar-refractivity contribution >= 4 is 11.6 Å². The van der Waals surface area contributed by atoms with Crippen LogP contribution in [0, 0.1) is 17.2 Å². The minimum Gasteiger partial charge on any atom is -0.300 e. The van der Waals surface area contributed by atoms with E-state index in [0.29, 0.717) is 0 Å². The summed E-state index contributed by atoms with van der Waals surface area (Å²) in [5, 5.41) is 7.54. The van der Waals surface area contributed by atoms with Crippen LogP contribution in [-0.2, 0) is 9.59 Å². The summed E-state index contributed by atoms with van der Waals surface area (Å²) in [6.45, 7) is 6.61. The van der Waals surface area contributed by atoms with Gasteiger partial charge in [0.2, 0.25) is 5.78 Å². The lowest BCUT2D eigenvalue weighted by Gasteiger charge is -1.90. The van der Waals surface area contributed by atoms with E-state index in [4.69, 9.17) is 5.26 Å². The molecule has 0 radical (unpaired) electrons. The molecule has 62 valence electrons. The molecule has 0 aromatic heterocycles. The number of nitriles is 1. The number of hydrogen-bond donors (Lipinski definition) is 0. The highest BCUT2D eigenvalue weighted by Crippen LogP contribution is 1.89. The van der Waals surface area contributed by atoms with Crippen molar-refractivity contribution in [2.75, 3.05) is 0 Å². The van der Waals surface area contributed by atoms with Gasteiger partial charge in [0.1, 0.15) is 11.9 Å². The lowest BCUT2D eigenvalue weighted by molar-refractivity contribution is -0.119. The third-order valence-electron chi connectivity index (χ3n) is 0.970. The Morgan fingerprint density at radius 3 is 1.45 bits per heavy atom. The first-order chi connectivity index (χ1) is 4.91. The predicted octanol–water partition coefficient (Wildman–Crippen LogP) is 1.33. The van der Waals surface area contributed by atoms with Crippen LogP contribution in [0.4, 0.5) is 0 Å². The molecule has 0 spiro atoms. The van der Waals surface area contributed by atoms with Crippen molar-refractivity contribution in [3.8, 4) is 6.07 Å². The Kier molecular flexibility index (Phi) is 7.89. The van der Waals surface area contributed by atoms with Crippen molar-refractivity contribution in [1.29, 1.82) is 5.26 Å². The number of carbonyl (C=O) groups is 2. The van der Waals surface area contributed by atoms with Crippen LogP contribution in [0.25, 0.3) is 0 Å². The predicted molar refractivity (Wildman–Crippen MR) is 41.8 cm³/mol. The fraction of sp³-hybridized carbons (Fsp3) is 0.625. The highest BCUT2D eigenvalue weighted by molar-refractivity contribution is 5.90. The number of rotatable bonds is 1. The second kappa shape index (κ2) is 6.94. The average molecular weight is 155 g/mol.